The molecule has 6 nitrogen and oxygen atoms in total. The maximum atomic E-state index is 11.6. The molecule has 1 aliphatic heterocycles. The zero-order valence-electron chi connectivity index (χ0n) is 11.7. The Hall–Kier alpha value is -1.30. The van der Waals surface area contributed by atoms with Crippen molar-refractivity contribution in [3.8, 4) is 0 Å². The Kier molecular flexibility index (Phi) is 5.60. The van der Waals surface area contributed by atoms with Crippen molar-refractivity contribution in [1.82, 2.24) is 5.32 Å². The average molecular weight is 272 g/mol. The van der Waals surface area contributed by atoms with E-state index in [2.05, 4.69) is 5.32 Å². The zero-order valence-corrected chi connectivity index (χ0v) is 11.7. The first-order valence-corrected chi connectivity index (χ1v) is 6.56. The molecule has 1 fully saturated rings. The van der Waals surface area contributed by atoms with Gasteiger partial charge in [-0.3, -0.25) is 0 Å². The van der Waals surface area contributed by atoms with Crippen LogP contribution in [0, 0.1) is 5.92 Å². The number of alkyl carbamates (subject to hydrolysis) is 1. The molecule has 6 heteroatoms. The number of carboxylic acid groups (broad SMARTS) is 1. The number of carbonyl (C=O) groups excluding carboxylic acids is 2. The van der Waals surface area contributed by atoms with Gasteiger partial charge in [0, 0.05) is 13.2 Å². The molecular weight excluding hydrogens is 250 g/mol. The van der Waals surface area contributed by atoms with Gasteiger partial charge in [0.2, 0.25) is 0 Å². The molecule has 0 spiro atoms. The van der Waals surface area contributed by atoms with Crippen molar-refractivity contribution in [2.45, 2.75) is 51.7 Å². The molecule has 0 aromatic heterocycles. The van der Waals surface area contributed by atoms with E-state index in [4.69, 9.17) is 9.47 Å². The summed E-state index contributed by atoms with van der Waals surface area (Å²) < 4.78 is 10.3. The van der Waals surface area contributed by atoms with Crippen LogP contribution >= 0.6 is 0 Å². The van der Waals surface area contributed by atoms with Gasteiger partial charge in [-0.15, -0.1) is 0 Å². The van der Waals surface area contributed by atoms with E-state index in [-0.39, 0.29) is 5.92 Å². The molecule has 1 atom stereocenters. The average Bonchev–Trinajstić information content (AvgIpc) is 2.26. The summed E-state index contributed by atoms with van der Waals surface area (Å²) >= 11 is 0. The Balaban J connectivity index is 2.48. The van der Waals surface area contributed by atoms with Gasteiger partial charge in [-0.25, -0.2) is 4.79 Å². The largest absolute Gasteiger partial charge is 0.548 e. The van der Waals surface area contributed by atoms with Crippen LogP contribution in [0.1, 0.15) is 40.0 Å². The first-order valence-electron chi connectivity index (χ1n) is 6.56. The summed E-state index contributed by atoms with van der Waals surface area (Å²) in [6.45, 7) is 6.44. The Labute approximate surface area is 113 Å². The van der Waals surface area contributed by atoms with Crippen molar-refractivity contribution in [3.05, 3.63) is 0 Å². The highest BCUT2D eigenvalue weighted by Gasteiger charge is 2.24. The lowest BCUT2D eigenvalue weighted by atomic mass is 9.92. The first-order chi connectivity index (χ1) is 8.78. The number of aliphatic carboxylic acids is 1. The molecule has 0 unspecified atom stereocenters. The van der Waals surface area contributed by atoms with Gasteiger partial charge in [0.15, 0.2) is 0 Å². The van der Waals surface area contributed by atoms with Crippen LogP contribution in [0.25, 0.3) is 0 Å². The molecule has 1 saturated heterocycles. The highest BCUT2D eigenvalue weighted by atomic mass is 16.6. The summed E-state index contributed by atoms with van der Waals surface area (Å²) in [5, 5.41) is 13.4. The van der Waals surface area contributed by atoms with E-state index >= 15 is 0 Å². The summed E-state index contributed by atoms with van der Waals surface area (Å²) in [6.07, 6.45) is 1.23. The lowest BCUT2D eigenvalue weighted by Crippen LogP contribution is -2.50. The number of ether oxygens (including phenoxy) is 2. The van der Waals surface area contributed by atoms with E-state index in [0.29, 0.717) is 19.6 Å². The van der Waals surface area contributed by atoms with Crippen molar-refractivity contribution in [3.63, 3.8) is 0 Å². The minimum Gasteiger partial charge on any atom is -0.548 e. The first kappa shape index (κ1) is 15.8. The molecule has 1 rings (SSSR count). The monoisotopic (exact) mass is 272 g/mol. The van der Waals surface area contributed by atoms with E-state index in [1.165, 1.54) is 0 Å². The second kappa shape index (κ2) is 6.75. The van der Waals surface area contributed by atoms with Crippen molar-refractivity contribution < 1.29 is 24.2 Å². The van der Waals surface area contributed by atoms with E-state index in [9.17, 15) is 14.7 Å². The lowest BCUT2D eigenvalue weighted by molar-refractivity contribution is -0.308. The maximum Gasteiger partial charge on any atom is 0.408 e. The molecule has 1 heterocycles. The molecule has 1 N–H and O–H groups in total. The number of carboxylic acids is 1. The predicted molar refractivity (Wildman–Crippen MR) is 66.3 cm³/mol. The topological polar surface area (TPSA) is 87.7 Å². The normalized spacial score (nSPS) is 18.7. The Morgan fingerprint density at radius 3 is 2.42 bits per heavy atom. The molecule has 1 amide bonds. The molecule has 0 saturated carbocycles. The molecule has 0 aliphatic carbocycles. The molecule has 0 aromatic carbocycles. The number of nitrogens with one attached hydrogen (secondary N) is 1. The molecule has 0 radical (unpaired) electrons. The van der Waals surface area contributed by atoms with Gasteiger partial charge in [0.1, 0.15) is 5.60 Å². The van der Waals surface area contributed by atoms with E-state index < -0.39 is 23.7 Å². The quantitative estimate of drug-likeness (QED) is 0.802. The van der Waals surface area contributed by atoms with Crippen molar-refractivity contribution in [2.75, 3.05) is 13.2 Å². The number of hydrogen-bond donors (Lipinski definition) is 1. The van der Waals surface area contributed by atoms with Crippen LogP contribution in [0.4, 0.5) is 4.79 Å². The number of amides is 1. The van der Waals surface area contributed by atoms with E-state index in [0.717, 1.165) is 12.8 Å². The molecule has 1 aliphatic rings. The fourth-order valence-corrected chi connectivity index (χ4v) is 1.98. The van der Waals surface area contributed by atoms with Gasteiger partial charge in [-0.2, -0.15) is 0 Å². The summed E-state index contributed by atoms with van der Waals surface area (Å²) in [5.41, 5.74) is -0.654. The summed E-state index contributed by atoms with van der Waals surface area (Å²) in [5.74, 6) is -1.05. The Morgan fingerprint density at radius 2 is 1.95 bits per heavy atom. The number of rotatable bonds is 4. The second-order valence-electron chi connectivity index (χ2n) is 5.81. The number of hydrogen-bond acceptors (Lipinski definition) is 5. The third-order valence-electron chi connectivity index (χ3n) is 2.89. The van der Waals surface area contributed by atoms with Gasteiger partial charge in [0.25, 0.3) is 0 Å². The molecule has 0 aromatic rings. The molecule has 0 bridgehead atoms. The third-order valence-corrected chi connectivity index (χ3v) is 2.89. The van der Waals surface area contributed by atoms with Crippen LogP contribution in [-0.2, 0) is 14.3 Å². The van der Waals surface area contributed by atoms with Gasteiger partial charge >= 0.3 is 6.09 Å². The summed E-state index contributed by atoms with van der Waals surface area (Å²) in [4.78, 5) is 22.6. The van der Waals surface area contributed by atoms with E-state index in [1.54, 1.807) is 20.8 Å². The summed E-state index contributed by atoms with van der Waals surface area (Å²) in [6, 6.07) is -1.02. The molecule has 110 valence electrons. The molecular formula is C13H22NO5-. The van der Waals surface area contributed by atoms with Gasteiger partial charge < -0.3 is 24.7 Å². The summed E-state index contributed by atoms with van der Waals surface area (Å²) in [7, 11) is 0. The van der Waals surface area contributed by atoms with E-state index in [1.807, 2.05) is 0 Å². The highest BCUT2D eigenvalue weighted by molar-refractivity contribution is 5.78. The smallest absolute Gasteiger partial charge is 0.408 e. The predicted octanol–water partition coefficient (Wildman–Crippen LogP) is 0.446. The minimum absolute atomic E-state index is 0.228. The van der Waals surface area contributed by atoms with Crippen LogP contribution < -0.4 is 10.4 Å². The van der Waals surface area contributed by atoms with Crippen molar-refractivity contribution in [1.29, 1.82) is 0 Å². The van der Waals surface area contributed by atoms with Gasteiger partial charge in [0.05, 0.1) is 12.0 Å². The SMILES string of the molecule is CC(C)(C)OC(=O)N[C@@H](CC1CCOCC1)C(=O)[O-]. The Bertz CT molecular complexity index is 317. The maximum absolute atomic E-state index is 11.6. The Morgan fingerprint density at radius 1 is 1.37 bits per heavy atom. The van der Waals surface area contributed by atoms with Crippen LogP contribution in [0.2, 0.25) is 0 Å². The lowest BCUT2D eigenvalue weighted by Gasteiger charge is -2.28. The fraction of sp³-hybridized carbons (Fsp3) is 0.846. The van der Waals surface area contributed by atoms with Crippen molar-refractivity contribution >= 4 is 12.1 Å². The fourth-order valence-electron chi connectivity index (χ4n) is 1.98. The minimum atomic E-state index is -1.28. The van der Waals surface area contributed by atoms with Gasteiger partial charge in [-0.1, -0.05) is 0 Å². The third kappa shape index (κ3) is 6.42. The van der Waals surface area contributed by atoms with Crippen LogP contribution in [-0.4, -0.2) is 36.9 Å². The standard InChI is InChI=1S/C13H23NO5/c1-13(2,3)19-12(17)14-10(11(15)16)8-9-4-6-18-7-5-9/h9-10H,4-8H2,1-3H3,(H,14,17)(H,15,16)/p-1/t10-/m0/s1. The highest BCUT2D eigenvalue weighted by Crippen LogP contribution is 2.20. The van der Waals surface area contributed by atoms with Crippen molar-refractivity contribution in [2.24, 2.45) is 5.92 Å². The number of carbonyl (C=O) groups is 2. The zero-order chi connectivity index (χ0) is 14.5. The van der Waals surface area contributed by atoms with Crippen LogP contribution in [0.15, 0.2) is 0 Å². The van der Waals surface area contributed by atoms with Crippen LogP contribution in [0.5, 0.6) is 0 Å². The molecule has 19 heavy (non-hydrogen) atoms. The van der Waals surface area contributed by atoms with Gasteiger partial charge in [-0.05, 0) is 46.0 Å². The van der Waals surface area contributed by atoms with Crippen LogP contribution in [0.3, 0.4) is 0 Å². The second-order valence-corrected chi connectivity index (χ2v) is 5.81.